The number of para-hydroxylation sites is 1. The maximum absolute atomic E-state index is 12.2. The van der Waals surface area contributed by atoms with E-state index in [1.807, 2.05) is 36.4 Å². The number of halogens is 2. The number of nitrogens with zero attached hydrogens (tertiary/aromatic N) is 2. The summed E-state index contributed by atoms with van der Waals surface area (Å²) in [7, 11) is 1.52. The molecule has 0 fully saturated rings. The van der Waals surface area contributed by atoms with Crippen molar-refractivity contribution in [1.29, 1.82) is 0 Å². The Balaban J connectivity index is 1.35. The summed E-state index contributed by atoms with van der Waals surface area (Å²) >= 11 is 12.3. The maximum Gasteiger partial charge on any atom is 0.277 e. The summed E-state index contributed by atoms with van der Waals surface area (Å²) in [4.78, 5) is 16.5. The van der Waals surface area contributed by atoms with Crippen molar-refractivity contribution in [2.24, 2.45) is 5.10 Å². The van der Waals surface area contributed by atoms with Crippen molar-refractivity contribution >= 4 is 46.2 Å². The largest absolute Gasteiger partial charge is 0.493 e. The number of rotatable bonds is 9. The fraction of sp³-hybridized carbons (Fsp3) is 0.115. The summed E-state index contributed by atoms with van der Waals surface area (Å²) < 4.78 is 16.9. The highest BCUT2D eigenvalue weighted by Crippen LogP contribution is 2.36. The molecule has 0 unspecified atom stereocenters. The van der Waals surface area contributed by atoms with E-state index in [-0.39, 0.29) is 6.61 Å². The predicted octanol–water partition coefficient (Wildman–Crippen LogP) is 5.66. The molecule has 1 heterocycles. The minimum Gasteiger partial charge on any atom is -0.493 e. The fourth-order valence-electron chi connectivity index (χ4n) is 3.24. The lowest BCUT2D eigenvalue weighted by Gasteiger charge is -2.13. The molecule has 1 N–H and O–H groups in total. The molecule has 1 amide bonds. The number of amides is 1. The second kappa shape index (κ2) is 11.6. The Bertz CT molecular complexity index is 1360. The Kier molecular flexibility index (Phi) is 8.03. The molecule has 178 valence electrons. The maximum atomic E-state index is 12.2. The van der Waals surface area contributed by atoms with Crippen LogP contribution in [0.25, 0.3) is 10.9 Å². The molecule has 0 radical (unpaired) electrons. The summed E-state index contributed by atoms with van der Waals surface area (Å²) in [6.45, 7) is 0.0809. The van der Waals surface area contributed by atoms with Gasteiger partial charge in [-0.2, -0.15) is 5.10 Å². The predicted molar refractivity (Wildman–Crippen MR) is 137 cm³/mol. The van der Waals surface area contributed by atoms with Gasteiger partial charge in [-0.05, 0) is 47.5 Å². The molecule has 0 aliphatic rings. The van der Waals surface area contributed by atoms with Gasteiger partial charge in [0.15, 0.2) is 18.1 Å². The van der Waals surface area contributed by atoms with Crippen LogP contribution in [0.2, 0.25) is 10.0 Å². The van der Waals surface area contributed by atoms with E-state index in [1.54, 1.807) is 36.5 Å². The zero-order chi connectivity index (χ0) is 24.6. The van der Waals surface area contributed by atoms with E-state index < -0.39 is 5.91 Å². The molecular formula is C26H21Cl2N3O4. The Morgan fingerprint density at radius 2 is 1.83 bits per heavy atom. The van der Waals surface area contributed by atoms with Crippen LogP contribution >= 0.6 is 23.2 Å². The van der Waals surface area contributed by atoms with Gasteiger partial charge in [0, 0.05) is 16.6 Å². The van der Waals surface area contributed by atoms with Crippen molar-refractivity contribution in [3.8, 4) is 17.2 Å². The van der Waals surface area contributed by atoms with Crippen molar-refractivity contribution in [2.45, 2.75) is 6.61 Å². The SMILES string of the molecule is COc1cc(/C=N/NC(=O)COc2cccc3cccnc23)cc(Cl)c1OCc1ccc(Cl)cc1. The quantitative estimate of drug-likeness (QED) is 0.232. The lowest BCUT2D eigenvalue weighted by Crippen LogP contribution is -2.24. The van der Waals surface area contributed by atoms with Gasteiger partial charge in [0.05, 0.1) is 18.3 Å². The van der Waals surface area contributed by atoms with Gasteiger partial charge in [0.1, 0.15) is 17.9 Å². The number of fused-ring (bicyclic) bond motifs is 1. The number of benzene rings is 3. The average Bonchev–Trinajstić information content (AvgIpc) is 2.87. The summed E-state index contributed by atoms with van der Waals surface area (Å²) in [6, 6.07) is 20.0. The number of hydrazone groups is 1. The smallest absolute Gasteiger partial charge is 0.277 e. The molecular weight excluding hydrogens is 489 g/mol. The number of methoxy groups -OCH3 is 1. The van der Waals surface area contributed by atoms with Gasteiger partial charge >= 0.3 is 0 Å². The fourth-order valence-corrected chi connectivity index (χ4v) is 3.64. The molecule has 0 aliphatic carbocycles. The number of hydrogen-bond donors (Lipinski definition) is 1. The molecule has 0 saturated carbocycles. The Hall–Kier alpha value is -3.81. The molecule has 0 spiro atoms. The number of pyridine rings is 1. The summed E-state index contributed by atoms with van der Waals surface area (Å²) in [6.07, 6.45) is 3.13. The second-order valence-electron chi connectivity index (χ2n) is 7.36. The van der Waals surface area contributed by atoms with Gasteiger partial charge in [0.2, 0.25) is 0 Å². The molecule has 0 atom stereocenters. The number of carbonyl (C=O) groups is 1. The van der Waals surface area contributed by atoms with Crippen LogP contribution in [0.15, 0.2) is 78.0 Å². The highest BCUT2D eigenvalue weighted by Gasteiger charge is 2.12. The highest BCUT2D eigenvalue weighted by molar-refractivity contribution is 6.32. The van der Waals surface area contributed by atoms with Crippen LogP contribution in [0.3, 0.4) is 0 Å². The third kappa shape index (κ3) is 6.41. The van der Waals surface area contributed by atoms with Crippen LogP contribution in [0.4, 0.5) is 0 Å². The molecule has 3 aromatic carbocycles. The normalized spacial score (nSPS) is 10.9. The van der Waals surface area contributed by atoms with E-state index in [1.165, 1.54) is 13.3 Å². The minimum atomic E-state index is -0.421. The van der Waals surface area contributed by atoms with Gasteiger partial charge in [0.25, 0.3) is 5.91 Å². The van der Waals surface area contributed by atoms with E-state index >= 15 is 0 Å². The molecule has 9 heteroatoms. The topological polar surface area (TPSA) is 82.0 Å². The first kappa shape index (κ1) is 24.3. The van der Waals surface area contributed by atoms with Crippen LogP contribution < -0.4 is 19.6 Å². The van der Waals surface area contributed by atoms with Crippen LogP contribution in [-0.2, 0) is 11.4 Å². The number of nitrogens with one attached hydrogen (secondary N) is 1. The number of ether oxygens (including phenoxy) is 3. The highest BCUT2D eigenvalue weighted by atomic mass is 35.5. The lowest BCUT2D eigenvalue weighted by molar-refractivity contribution is -0.123. The van der Waals surface area contributed by atoms with Crippen molar-refractivity contribution in [3.63, 3.8) is 0 Å². The molecule has 1 aromatic heterocycles. The molecule has 7 nitrogen and oxygen atoms in total. The third-order valence-electron chi connectivity index (χ3n) is 4.91. The monoisotopic (exact) mass is 509 g/mol. The first-order chi connectivity index (χ1) is 17.0. The van der Waals surface area contributed by atoms with E-state index in [9.17, 15) is 4.79 Å². The van der Waals surface area contributed by atoms with Crippen molar-refractivity contribution in [1.82, 2.24) is 10.4 Å². The van der Waals surface area contributed by atoms with Gasteiger partial charge in [-0.1, -0.05) is 53.5 Å². The van der Waals surface area contributed by atoms with E-state index in [4.69, 9.17) is 37.4 Å². The first-order valence-corrected chi connectivity index (χ1v) is 11.3. The second-order valence-corrected chi connectivity index (χ2v) is 8.21. The van der Waals surface area contributed by atoms with Gasteiger partial charge in [-0.15, -0.1) is 0 Å². The molecule has 0 saturated heterocycles. The van der Waals surface area contributed by atoms with Crippen LogP contribution in [0.1, 0.15) is 11.1 Å². The van der Waals surface area contributed by atoms with E-state index in [0.717, 1.165) is 10.9 Å². The summed E-state index contributed by atoms with van der Waals surface area (Å²) in [5, 5.41) is 5.90. The van der Waals surface area contributed by atoms with E-state index in [0.29, 0.717) is 45.0 Å². The Labute approximate surface area is 212 Å². The van der Waals surface area contributed by atoms with E-state index in [2.05, 4.69) is 15.5 Å². The van der Waals surface area contributed by atoms with Gasteiger partial charge in [-0.3, -0.25) is 9.78 Å². The third-order valence-corrected chi connectivity index (χ3v) is 5.44. The van der Waals surface area contributed by atoms with Crippen LogP contribution in [0.5, 0.6) is 17.2 Å². The van der Waals surface area contributed by atoms with Crippen LogP contribution in [-0.4, -0.2) is 30.8 Å². The number of aromatic nitrogens is 1. The zero-order valence-electron chi connectivity index (χ0n) is 18.7. The van der Waals surface area contributed by atoms with Gasteiger partial charge < -0.3 is 14.2 Å². The zero-order valence-corrected chi connectivity index (χ0v) is 20.2. The van der Waals surface area contributed by atoms with Crippen molar-refractivity contribution in [2.75, 3.05) is 13.7 Å². The first-order valence-electron chi connectivity index (χ1n) is 10.6. The van der Waals surface area contributed by atoms with Crippen molar-refractivity contribution in [3.05, 3.63) is 94.1 Å². The summed E-state index contributed by atoms with van der Waals surface area (Å²) in [5.41, 5.74) is 4.67. The Morgan fingerprint density at radius 1 is 1.03 bits per heavy atom. The van der Waals surface area contributed by atoms with Gasteiger partial charge in [-0.25, -0.2) is 5.43 Å². The standard InChI is InChI=1S/C26H21Cl2N3O4/c1-33-23-13-18(12-21(28)26(23)35-15-17-7-9-20(27)10-8-17)14-30-31-24(32)16-34-22-6-2-4-19-5-3-11-29-25(19)22/h2-14H,15-16H2,1H3,(H,31,32)/b30-14+. The average molecular weight is 510 g/mol. The van der Waals surface area contributed by atoms with Crippen molar-refractivity contribution < 1.29 is 19.0 Å². The molecule has 0 aliphatic heterocycles. The Morgan fingerprint density at radius 3 is 2.63 bits per heavy atom. The summed E-state index contributed by atoms with van der Waals surface area (Å²) in [5.74, 6) is 0.941. The number of carbonyl (C=O) groups excluding carboxylic acids is 1. The molecule has 35 heavy (non-hydrogen) atoms. The molecule has 4 rings (SSSR count). The molecule has 4 aromatic rings. The number of hydrogen-bond acceptors (Lipinski definition) is 6. The van der Waals surface area contributed by atoms with Crippen LogP contribution in [0, 0.1) is 0 Å². The lowest BCUT2D eigenvalue weighted by atomic mass is 10.2. The minimum absolute atomic E-state index is 0.214. The molecule has 0 bridgehead atoms.